The molecule has 2 aromatic carbocycles. The van der Waals surface area contributed by atoms with Gasteiger partial charge < -0.3 is 19.2 Å². The van der Waals surface area contributed by atoms with Crippen LogP contribution in [0.1, 0.15) is 32.0 Å². The Kier molecular flexibility index (Phi) is 14.8. The predicted octanol–water partition coefficient (Wildman–Crippen LogP) is 4.74. The number of esters is 2. The minimum Gasteiger partial charge on any atom is -0.460 e. The van der Waals surface area contributed by atoms with Crippen molar-refractivity contribution in [3.63, 3.8) is 0 Å². The summed E-state index contributed by atoms with van der Waals surface area (Å²) in [5.41, 5.74) is 0.0362. The van der Waals surface area contributed by atoms with Gasteiger partial charge in [0.2, 0.25) is 6.29 Å². The summed E-state index contributed by atoms with van der Waals surface area (Å²) >= 11 is 0. The number of hydrogen-bond acceptors (Lipinski definition) is 11. The molecular formula is C22H24F2N4O7. The van der Waals surface area contributed by atoms with Gasteiger partial charge in [-0.05, 0) is 43.3 Å². The molecule has 3 rings (SSSR count). The Morgan fingerprint density at radius 2 is 1.60 bits per heavy atom. The molecule has 0 aliphatic carbocycles. The van der Waals surface area contributed by atoms with E-state index in [1.54, 1.807) is 32.0 Å². The molecule has 0 aliphatic heterocycles. The largest absolute Gasteiger partial charge is 0.460 e. The van der Waals surface area contributed by atoms with Crippen LogP contribution in [0.25, 0.3) is 0 Å². The summed E-state index contributed by atoms with van der Waals surface area (Å²) in [6.45, 7) is 3.77. The van der Waals surface area contributed by atoms with Crippen molar-refractivity contribution in [1.82, 2.24) is 10.2 Å². The summed E-state index contributed by atoms with van der Waals surface area (Å²) < 4.78 is 39.5. The molecule has 188 valence electrons. The van der Waals surface area contributed by atoms with E-state index < -0.39 is 23.6 Å². The van der Waals surface area contributed by atoms with Crippen LogP contribution in [0.2, 0.25) is 0 Å². The molecule has 1 aromatic heterocycles. The van der Waals surface area contributed by atoms with E-state index in [4.69, 9.17) is 4.42 Å². The average molecular weight is 494 g/mol. The number of aldehydes is 1. The monoisotopic (exact) mass is 494 g/mol. The molecule has 0 amide bonds. The second-order valence-corrected chi connectivity index (χ2v) is 5.65. The fourth-order valence-corrected chi connectivity index (χ4v) is 1.93. The van der Waals surface area contributed by atoms with Crippen LogP contribution in [0, 0.1) is 16.5 Å². The van der Waals surface area contributed by atoms with Crippen LogP contribution in [-0.2, 0) is 19.1 Å². The third kappa shape index (κ3) is 11.2. The van der Waals surface area contributed by atoms with Crippen LogP contribution in [0.5, 0.6) is 0 Å². The lowest BCUT2D eigenvalue weighted by Crippen LogP contribution is -2.04. The van der Waals surface area contributed by atoms with Gasteiger partial charge in [-0.3, -0.25) is 4.79 Å². The van der Waals surface area contributed by atoms with E-state index in [0.717, 1.165) is 0 Å². The zero-order chi connectivity index (χ0) is 25.3. The van der Waals surface area contributed by atoms with E-state index >= 15 is 0 Å². The van der Waals surface area contributed by atoms with Gasteiger partial charge in [-0.25, -0.2) is 18.4 Å². The maximum atomic E-state index is 13.3. The highest BCUT2D eigenvalue weighted by molar-refractivity contribution is 6.20. The number of anilines is 2. The van der Waals surface area contributed by atoms with Crippen molar-refractivity contribution in [2.75, 3.05) is 18.5 Å². The van der Waals surface area contributed by atoms with Gasteiger partial charge in [-0.2, -0.15) is 0 Å². The lowest BCUT2D eigenvalue weighted by atomic mass is 10.3. The molecule has 0 radical (unpaired) electrons. The third-order valence-corrected chi connectivity index (χ3v) is 3.32. The molecule has 0 saturated carbocycles. The molecule has 1 heterocycles. The Hall–Kier alpha value is -4.55. The van der Waals surface area contributed by atoms with Crippen LogP contribution in [0.15, 0.2) is 58.1 Å². The maximum Gasteiger partial charge on any atom is 0.396 e. The number of rotatable bonds is 7. The lowest BCUT2D eigenvalue weighted by Gasteiger charge is -2.01. The van der Waals surface area contributed by atoms with Crippen LogP contribution >= 0.6 is 0 Å². The number of carbonyl (C=O) groups excluding carboxylic acids is 3. The van der Waals surface area contributed by atoms with Crippen molar-refractivity contribution in [2.24, 2.45) is 5.18 Å². The number of aromatic nitrogens is 2. The van der Waals surface area contributed by atoms with Gasteiger partial charge in [0.15, 0.2) is 5.82 Å². The van der Waals surface area contributed by atoms with Crippen molar-refractivity contribution < 1.29 is 37.1 Å². The number of para-hydroxylation sites is 1. The second-order valence-electron chi connectivity index (χ2n) is 5.65. The molecule has 35 heavy (non-hydrogen) atoms. The molecule has 0 fully saturated rings. The highest BCUT2D eigenvalue weighted by Gasteiger charge is 2.16. The Labute approximate surface area is 199 Å². The SMILES string of the molecule is C.CCOC(=O)C=O.CCOC(=O)c1nnc(Nc2ccccc2F)o1.O=Nc1ccccc1F. The maximum absolute atomic E-state index is 13.3. The fraction of sp³-hybridized carbons (Fsp3) is 0.227. The van der Waals surface area contributed by atoms with Gasteiger partial charge >= 0.3 is 23.8 Å². The van der Waals surface area contributed by atoms with E-state index in [9.17, 15) is 28.1 Å². The van der Waals surface area contributed by atoms with Gasteiger partial charge in [0.05, 0.1) is 18.9 Å². The summed E-state index contributed by atoms with van der Waals surface area (Å²) in [6, 6.07) is 11.5. The molecule has 0 unspecified atom stereocenters. The number of carbonyl (C=O) groups is 3. The Bertz CT molecular complexity index is 1090. The first-order valence-corrected chi connectivity index (χ1v) is 9.58. The topological polar surface area (TPSA) is 150 Å². The van der Waals surface area contributed by atoms with E-state index in [2.05, 4.69) is 30.2 Å². The van der Waals surface area contributed by atoms with Crippen LogP contribution in [0.3, 0.4) is 0 Å². The Morgan fingerprint density at radius 3 is 2.09 bits per heavy atom. The van der Waals surface area contributed by atoms with Crippen LogP contribution < -0.4 is 5.32 Å². The predicted molar refractivity (Wildman–Crippen MR) is 121 cm³/mol. The van der Waals surface area contributed by atoms with E-state index in [1.165, 1.54) is 30.3 Å². The molecule has 1 N–H and O–H groups in total. The molecule has 11 nitrogen and oxygen atoms in total. The standard InChI is InChI=1S/C11H10FN3O3.C6H4FNO.C4H6O3.CH4/c1-2-17-10(16)9-14-15-11(18-9)13-8-6-4-3-5-7(8)12;7-5-3-1-2-4-6(5)8-9;1-2-7-4(6)3-5;/h3-6H,2H2,1H3,(H,13,15);1-4H;3H,2H2,1H3;1H4. The summed E-state index contributed by atoms with van der Waals surface area (Å²) in [7, 11) is 0. The van der Waals surface area contributed by atoms with E-state index in [0.29, 0.717) is 0 Å². The second kappa shape index (κ2) is 17.0. The Balaban J connectivity index is 0.000000571. The van der Waals surface area contributed by atoms with E-state index in [-0.39, 0.29) is 50.2 Å². The molecular weight excluding hydrogens is 470 g/mol. The summed E-state index contributed by atoms with van der Waals surface area (Å²) in [5, 5.41) is 12.1. The summed E-state index contributed by atoms with van der Waals surface area (Å²) in [5.74, 6) is -2.84. The van der Waals surface area contributed by atoms with Crippen molar-refractivity contribution in [3.8, 4) is 0 Å². The number of nitrogens with one attached hydrogen (secondary N) is 1. The van der Waals surface area contributed by atoms with Crippen molar-refractivity contribution in [1.29, 1.82) is 0 Å². The first-order chi connectivity index (χ1) is 16.4. The quantitative estimate of drug-likeness (QED) is 0.211. The molecule has 0 atom stereocenters. The Morgan fingerprint density at radius 1 is 1.00 bits per heavy atom. The lowest BCUT2D eigenvalue weighted by molar-refractivity contribution is -0.148. The normalized spacial score (nSPS) is 9.03. The number of benzene rings is 2. The summed E-state index contributed by atoms with van der Waals surface area (Å²) in [6.07, 6.45) is 0.142. The van der Waals surface area contributed by atoms with Gasteiger partial charge in [0.25, 0.3) is 0 Å². The van der Waals surface area contributed by atoms with Crippen molar-refractivity contribution >= 4 is 35.6 Å². The molecule has 0 saturated heterocycles. The number of halogens is 2. The number of hydrogen-bond donors (Lipinski definition) is 1. The number of nitroso groups, excluding NO2 is 1. The van der Waals surface area contributed by atoms with Gasteiger partial charge in [-0.1, -0.05) is 41.9 Å². The highest BCUT2D eigenvalue weighted by atomic mass is 19.1. The number of ether oxygens (including phenoxy) is 2. The minimum absolute atomic E-state index is 0. The first-order valence-electron chi connectivity index (χ1n) is 9.58. The van der Waals surface area contributed by atoms with Gasteiger partial charge in [0, 0.05) is 0 Å². The molecule has 0 bridgehead atoms. The average Bonchev–Trinajstić information content (AvgIpc) is 3.31. The van der Waals surface area contributed by atoms with Gasteiger partial charge in [-0.15, -0.1) is 4.91 Å². The van der Waals surface area contributed by atoms with Crippen LogP contribution in [-0.4, -0.2) is 41.6 Å². The zero-order valence-corrected chi connectivity index (χ0v) is 18.1. The zero-order valence-electron chi connectivity index (χ0n) is 18.1. The molecule has 13 heteroatoms. The molecule has 0 spiro atoms. The molecule has 3 aromatic rings. The smallest absolute Gasteiger partial charge is 0.396 e. The molecule has 0 aliphatic rings. The first kappa shape index (κ1) is 30.4. The van der Waals surface area contributed by atoms with Crippen LogP contribution in [0.4, 0.5) is 26.2 Å². The van der Waals surface area contributed by atoms with E-state index in [1.807, 2.05) is 0 Å². The fourth-order valence-electron chi connectivity index (χ4n) is 1.93. The third-order valence-electron chi connectivity index (χ3n) is 3.32. The number of nitrogens with zero attached hydrogens (tertiary/aromatic N) is 3. The van der Waals surface area contributed by atoms with Crippen molar-refractivity contribution in [2.45, 2.75) is 21.3 Å². The summed E-state index contributed by atoms with van der Waals surface area (Å²) in [4.78, 5) is 40.2. The minimum atomic E-state index is -0.803. The van der Waals surface area contributed by atoms with Gasteiger partial charge in [0.1, 0.15) is 11.5 Å². The van der Waals surface area contributed by atoms with Crippen molar-refractivity contribution in [3.05, 3.63) is 71.0 Å². The highest BCUT2D eigenvalue weighted by Crippen LogP contribution is 2.18.